The van der Waals surface area contributed by atoms with Gasteiger partial charge in [-0.25, -0.2) is 0 Å². The molecule has 7 nitrogen and oxygen atoms in total. The lowest BCUT2D eigenvalue weighted by atomic mass is 10.2. The number of nitrogens with zero attached hydrogens (tertiary/aromatic N) is 4. The molecule has 0 saturated carbocycles. The van der Waals surface area contributed by atoms with Crippen molar-refractivity contribution in [1.29, 1.82) is 0 Å². The monoisotopic (exact) mass is 476 g/mol. The lowest BCUT2D eigenvalue weighted by Crippen LogP contribution is -2.45. The van der Waals surface area contributed by atoms with Gasteiger partial charge in [0.15, 0.2) is 11.8 Å². The molecule has 144 valence electrons. The van der Waals surface area contributed by atoms with Crippen LogP contribution in [0.4, 0.5) is 13.2 Å². The minimum Gasteiger partial charge on any atom is -0.356 e. The minimum absolute atomic E-state index is 0. The van der Waals surface area contributed by atoms with Crippen LogP contribution in [0.5, 0.6) is 0 Å². The molecule has 1 fully saturated rings. The van der Waals surface area contributed by atoms with E-state index in [1.165, 1.54) is 4.90 Å². The van der Waals surface area contributed by atoms with Crippen molar-refractivity contribution in [3.8, 4) is 0 Å². The molecule has 0 radical (unpaired) electrons. The highest BCUT2D eigenvalue weighted by Crippen LogP contribution is 2.19. The number of likely N-dealkylation sites (tertiary alicyclic amines) is 1. The average molecular weight is 476 g/mol. The van der Waals surface area contributed by atoms with Gasteiger partial charge in [-0.15, -0.1) is 24.0 Å². The van der Waals surface area contributed by atoms with Gasteiger partial charge in [0, 0.05) is 39.1 Å². The topological polar surface area (TPSA) is 78.6 Å². The molecule has 0 spiro atoms. The largest absolute Gasteiger partial charge is 0.401 e. The molecule has 2 rings (SSSR count). The van der Waals surface area contributed by atoms with E-state index in [1.54, 1.807) is 14.0 Å². The second kappa shape index (κ2) is 10.1. The molecule has 1 atom stereocenters. The Morgan fingerprint density at radius 3 is 2.80 bits per heavy atom. The summed E-state index contributed by atoms with van der Waals surface area (Å²) in [5.41, 5.74) is 0. The lowest BCUT2D eigenvalue weighted by Gasteiger charge is -2.19. The second-order valence-corrected chi connectivity index (χ2v) is 5.82. The average Bonchev–Trinajstić information content (AvgIpc) is 3.09. The fourth-order valence-corrected chi connectivity index (χ4v) is 2.62. The van der Waals surface area contributed by atoms with Crippen LogP contribution in [-0.2, 0) is 6.42 Å². The molecule has 0 aliphatic carbocycles. The molecule has 0 bridgehead atoms. The molecule has 0 aromatic carbocycles. The van der Waals surface area contributed by atoms with E-state index in [0.29, 0.717) is 50.2 Å². The first-order valence-corrected chi connectivity index (χ1v) is 7.91. The maximum absolute atomic E-state index is 12.4. The number of alkyl halides is 3. The number of aliphatic imine (C=N–C) groups is 1. The maximum Gasteiger partial charge on any atom is 0.401 e. The molecule has 2 heterocycles. The summed E-state index contributed by atoms with van der Waals surface area (Å²) >= 11 is 0. The predicted octanol–water partition coefficient (Wildman–Crippen LogP) is 1.73. The van der Waals surface area contributed by atoms with Crippen LogP contribution in [0.15, 0.2) is 9.52 Å². The molecular formula is C14H24F3IN6O. The zero-order valence-electron chi connectivity index (χ0n) is 14.3. The van der Waals surface area contributed by atoms with E-state index < -0.39 is 12.7 Å². The predicted molar refractivity (Wildman–Crippen MR) is 98.2 cm³/mol. The Morgan fingerprint density at radius 1 is 1.44 bits per heavy atom. The van der Waals surface area contributed by atoms with Crippen LogP contribution in [0.1, 0.15) is 24.6 Å². The number of hydrogen-bond donors (Lipinski definition) is 2. The fraction of sp³-hybridized carbons (Fsp3) is 0.786. The van der Waals surface area contributed by atoms with Crippen LogP contribution in [0, 0.1) is 6.92 Å². The number of aryl methyl sites for hydroxylation is 2. The summed E-state index contributed by atoms with van der Waals surface area (Å²) in [7, 11) is 1.64. The molecule has 1 aliphatic rings. The molecule has 11 heteroatoms. The second-order valence-electron chi connectivity index (χ2n) is 5.82. The van der Waals surface area contributed by atoms with E-state index in [0.717, 1.165) is 6.42 Å². The number of nitrogens with one attached hydrogen (secondary N) is 2. The number of guanidine groups is 1. The van der Waals surface area contributed by atoms with Gasteiger partial charge in [-0.1, -0.05) is 5.16 Å². The Morgan fingerprint density at radius 2 is 2.20 bits per heavy atom. The number of halogens is 4. The van der Waals surface area contributed by atoms with Crippen molar-refractivity contribution in [3.05, 3.63) is 11.7 Å². The zero-order valence-corrected chi connectivity index (χ0v) is 16.6. The normalized spacial score (nSPS) is 18.9. The first kappa shape index (κ1) is 21.9. The molecule has 1 aromatic rings. The van der Waals surface area contributed by atoms with Gasteiger partial charge in [-0.3, -0.25) is 9.89 Å². The summed E-state index contributed by atoms with van der Waals surface area (Å²) in [5, 5.41) is 10.0. The molecular weight excluding hydrogens is 452 g/mol. The number of rotatable bonds is 6. The highest BCUT2D eigenvalue weighted by atomic mass is 127. The SMILES string of the molecule is CN=C(NCCCc1nc(C)no1)NC1CCN(CC(F)(F)F)C1.I. The summed E-state index contributed by atoms with van der Waals surface area (Å²) in [6, 6.07) is -0.0304. The van der Waals surface area contributed by atoms with Crippen LogP contribution >= 0.6 is 24.0 Å². The van der Waals surface area contributed by atoms with Gasteiger partial charge in [-0.05, 0) is 19.8 Å². The van der Waals surface area contributed by atoms with Crippen LogP contribution in [0.25, 0.3) is 0 Å². The highest BCUT2D eigenvalue weighted by Gasteiger charge is 2.34. The van der Waals surface area contributed by atoms with E-state index in [9.17, 15) is 13.2 Å². The van der Waals surface area contributed by atoms with Gasteiger partial charge in [0.2, 0.25) is 5.89 Å². The Hall–Kier alpha value is -1.11. The number of hydrogen-bond acceptors (Lipinski definition) is 5. The Balaban J connectivity index is 0.00000312. The van der Waals surface area contributed by atoms with Gasteiger partial charge in [0.05, 0.1) is 6.54 Å². The third kappa shape index (κ3) is 8.21. The van der Waals surface area contributed by atoms with Crippen LogP contribution in [-0.4, -0.2) is 66.4 Å². The third-order valence-corrected chi connectivity index (χ3v) is 3.67. The molecule has 1 aromatic heterocycles. The highest BCUT2D eigenvalue weighted by molar-refractivity contribution is 14.0. The molecule has 25 heavy (non-hydrogen) atoms. The van der Waals surface area contributed by atoms with E-state index in [-0.39, 0.29) is 30.0 Å². The molecule has 2 N–H and O–H groups in total. The summed E-state index contributed by atoms with van der Waals surface area (Å²) in [4.78, 5) is 9.63. The van der Waals surface area contributed by atoms with Crippen LogP contribution < -0.4 is 10.6 Å². The van der Waals surface area contributed by atoms with Gasteiger partial charge < -0.3 is 15.2 Å². The summed E-state index contributed by atoms with van der Waals surface area (Å²) < 4.78 is 42.2. The van der Waals surface area contributed by atoms with Crippen molar-refractivity contribution < 1.29 is 17.7 Å². The van der Waals surface area contributed by atoms with Gasteiger partial charge in [0.25, 0.3) is 0 Å². The first-order valence-electron chi connectivity index (χ1n) is 7.91. The van der Waals surface area contributed by atoms with Gasteiger partial charge in [-0.2, -0.15) is 18.2 Å². The van der Waals surface area contributed by atoms with Gasteiger partial charge in [0.1, 0.15) is 0 Å². The Labute approximate surface area is 161 Å². The molecule has 0 amide bonds. The molecule has 1 aliphatic heterocycles. The van der Waals surface area contributed by atoms with Crippen molar-refractivity contribution in [2.24, 2.45) is 4.99 Å². The van der Waals surface area contributed by atoms with E-state index in [2.05, 4.69) is 25.8 Å². The van der Waals surface area contributed by atoms with Crippen molar-refractivity contribution in [1.82, 2.24) is 25.7 Å². The van der Waals surface area contributed by atoms with Crippen LogP contribution in [0.2, 0.25) is 0 Å². The smallest absolute Gasteiger partial charge is 0.356 e. The van der Waals surface area contributed by atoms with E-state index in [1.807, 2.05) is 0 Å². The Bertz CT molecular complexity index is 551. The van der Waals surface area contributed by atoms with E-state index >= 15 is 0 Å². The fourth-order valence-electron chi connectivity index (χ4n) is 2.62. The van der Waals surface area contributed by atoms with E-state index in [4.69, 9.17) is 4.52 Å². The summed E-state index contributed by atoms with van der Waals surface area (Å²) in [6.07, 6.45) is -2.04. The van der Waals surface area contributed by atoms with Crippen LogP contribution in [0.3, 0.4) is 0 Å². The standard InChI is InChI=1S/C14H23F3N6O.HI/c1-10-20-12(24-22-10)4-3-6-19-13(18-2)21-11-5-7-23(8-11)9-14(15,16)17;/h11H,3-9H2,1-2H3,(H2,18,19,21);1H. The van der Waals surface area contributed by atoms with Crippen molar-refractivity contribution in [2.45, 2.75) is 38.4 Å². The van der Waals surface area contributed by atoms with Crippen molar-refractivity contribution in [3.63, 3.8) is 0 Å². The van der Waals surface area contributed by atoms with Crippen molar-refractivity contribution >= 4 is 29.9 Å². The maximum atomic E-state index is 12.4. The van der Waals surface area contributed by atoms with Gasteiger partial charge >= 0.3 is 6.18 Å². The lowest BCUT2D eigenvalue weighted by molar-refractivity contribution is -0.143. The minimum atomic E-state index is -4.15. The first-order chi connectivity index (χ1) is 11.4. The Kier molecular flexibility index (Phi) is 8.89. The molecule has 1 unspecified atom stereocenters. The quantitative estimate of drug-likeness (QED) is 0.282. The third-order valence-electron chi connectivity index (χ3n) is 3.67. The summed E-state index contributed by atoms with van der Waals surface area (Å²) in [6.45, 7) is 2.35. The number of aromatic nitrogens is 2. The van der Waals surface area contributed by atoms with Crippen molar-refractivity contribution in [2.75, 3.05) is 33.2 Å². The zero-order chi connectivity index (χ0) is 17.6. The molecule has 1 saturated heterocycles. The summed E-state index contributed by atoms with van der Waals surface area (Å²) in [5.74, 6) is 1.80.